The Labute approximate surface area is 111 Å². The van der Waals surface area contributed by atoms with Crippen molar-refractivity contribution in [1.82, 2.24) is 15.1 Å². The number of benzene rings is 1. The fourth-order valence-electron chi connectivity index (χ4n) is 1.80. The maximum absolute atomic E-state index is 11.7. The number of nitrogens with one attached hydrogen (secondary N) is 1. The van der Waals surface area contributed by atoms with Crippen LogP contribution in [0.4, 0.5) is 0 Å². The van der Waals surface area contributed by atoms with Crippen LogP contribution < -0.4 is 5.32 Å². The van der Waals surface area contributed by atoms with Crippen molar-refractivity contribution in [3.05, 3.63) is 48.3 Å². The smallest absolute Gasteiger partial charge is 0.224 e. The largest absolute Gasteiger partial charge is 0.508 e. The van der Waals surface area contributed by atoms with Crippen LogP contribution in [0, 0.1) is 0 Å². The lowest BCUT2D eigenvalue weighted by molar-refractivity contribution is -0.120. The molecule has 0 aliphatic rings. The van der Waals surface area contributed by atoms with Gasteiger partial charge in [-0.2, -0.15) is 5.10 Å². The second kappa shape index (κ2) is 6.58. The Morgan fingerprint density at radius 1 is 1.32 bits per heavy atom. The van der Waals surface area contributed by atoms with Crippen molar-refractivity contribution >= 4 is 5.91 Å². The number of phenols is 1. The first-order valence-corrected chi connectivity index (χ1v) is 6.27. The van der Waals surface area contributed by atoms with E-state index in [1.54, 1.807) is 30.5 Å². The molecule has 0 saturated heterocycles. The van der Waals surface area contributed by atoms with Crippen LogP contribution in [-0.2, 0) is 17.8 Å². The molecular weight excluding hydrogens is 242 g/mol. The van der Waals surface area contributed by atoms with E-state index in [1.165, 1.54) is 0 Å². The second-order valence-electron chi connectivity index (χ2n) is 4.28. The Morgan fingerprint density at radius 3 is 2.89 bits per heavy atom. The normalized spacial score (nSPS) is 10.3. The van der Waals surface area contributed by atoms with Crippen LogP contribution in [0.3, 0.4) is 0 Å². The summed E-state index contributed by atoms with van der Waals surface area (Å²) in [6.45, 7) is 1.39. The first kappa shape index (κ1) is 13.1. The lowest BCUT2D eigenvalue weighted by Crippen LogP contribution is -2.26. The van der Waals surface area contributed by atoms with Gasteiger partial charge in [0.1, 0.15) is 5.75 Å². The highest BCUT2D eigenvalue weighted by Gasteiger charge is 2.06. The van der Waals surface area contributed by atoms with Crippen molar-refractivity contribution in [2.24, 2.45) is 0 Å². The number of para-hydroxylation sites is 1. The average Bonchev–Trinajstić information content (AvgIpc) is 2.91. The third-order valence-electron chi connectivity index (χ3n) is 2.79. The van der Waals surface area contributed by atoms with Crippen LogP contribution in [0.1, 0.15) is 12.0 Å². The van der Waals surface area contributed by atoms with E-state index in [0.29, 0.717) is 12.1 Å². The summed E-state index contributed by atoms with van der Waals surface area (Å²) >= 11 is 0. The summed E-state index contributed by atoms with van der Waals surface area (Å²) in [5, 5.41) is 16.5. The second-order valence-corrected chi connectivity index (χ2v) is 4.28. The highest BCUT2D eigenvalue weighted by atomic mass is 16.3. The van der Waals surface area contributed by atoms with Gasteiger partial charge in [0, 0.05) is 31.0 Å². The number of nitrogens with zero attached hydrogens (tertiary/aromatic N) is 2. The van der Waals surface area contributed by atoms with Gasteiger partial charge in [-0.1, -0.05) is 18.2 Å². The van der Waals surface area contributed by atoms with Crippen LogP contribution in [0.15, 0.2) is 42.7 Å². The van der Waals surface area contributed by atoms with Gasteiger partial charge in [-0.15, -0.1) is 0 Å². The fourth-order valence-corrected chi connectivity index (χ4v) is 1.80. The Kier molecular flexibility index (Phi) is 4.55. The van der Waals surface area contributed by atoms with Gasteiger partial charge in [0.15, 0.2) is 0 Å². The molecule has 1 aromatic carbocycles. The van der Waals surface area contributed by atoms with E-state index >= 15 is 0 Å². The van der Waals surface area contributed by atoms with Crippen molar-refractivity contribution in [2.45, 2.75) is 19.4 Å². The number of rotatable bonds is 6. The molecule has 2 rings (SSSR count). The van der Waals surface area contributed by atoms with E-state index in [0.717, 1.165) is 13.0 Å². The molecule has 0 spiro atoms. The predicted octanol–water partition coefficient (Wildman–Crippen LogP) is 1.34. The van der Waals surface area contributed by atoms with Gasteiger partial charge in [0.05, 0.1) is 6.42 Å². The number of aromatic hydroxyl groups is 1. The molecule has 2 N–H and O–H groups in total. The molecule has 0 fully saturated rings. The topological polar surface area (TPSA) is 67.2 Å². The first-order valence-electron chi connectivity index (χ1n) is 6.27. The zero-order chi connectivity index (χ0) is 13.5. The summed E-state index contributed by atoms with van der Waals surface area (Å²) in [6.07, 6.45) is 4.66. The number of hydrogen-bond donors (Lipinski definition) is 2. The number of phenolic OH excluding ortho intramolecular Hbond substituents is 1. The minimum atomic E-state index is -0.0815. The van der Waals surface area contributed by atoms with Crippen molar-refractivity contribution in [1.29, 1.82) is 0 Å². The predicted molar refractivity (Wildman–Crippen MR) is 71.7 cm³/mol. The molecule has 19 heavy (non-hydrogen) atoms. The molecular formula is C14H17N3O2. The molecule has 5 nitrogen and oxygen atoms in total. The quantitative estimate of drug-likeness (QED) is 0.769. The summed E-state index contributed by atoms with van der Waals surface area (Å²) in [5.41, 5.74) is 0.645. The molecule has 1 aromatic heterocycles. The van der Waals surface area contributed by atoms with Crippen LogP contribution >= 0.6 is 0 Å². The van der Waals surface area contributed by atoms with E-state index in [4.69, 9.17) is 0 Å². The molecule has 0 saturated carbocycles. The maximum Gasteiger partial charge on any atom is 0.224 e. The number of carbonyl (C=O) groups is 1. The van der Waals surface area contributed by atoms with Gasteiger partial charge in [-0.05, 0) is 18.6 Å². The molecule has 1 amide bonds. The zero-order valence-electron chi connectivity index (χ0n) is 10.6. The summed E-state index contributed by atoms with van der Waals surface area (Å²) in [5.74, 6) is 0.0798. The Balaban J connectivity index is 1.69. The molecule has 2 aromatic rings. The number of aryl methyl sites for hydroxylation is 1. The fraction of sp³-hybridized carbons (Fsp3) is 0.286. The van der Waals surface area contributed by atoms with Crippen molar-refractivity contribution in [3.63, 3.8) is 0 Å². The van der Waals surface area contributed by atoms with Gasteiger partial charge in [0.25, 0.3) is 0 Å². The Bertz CT molecular complexity index is 523. The van der Waals surface area contributed by atoms with Crippen LogP contribution in [0.2, 0.25) is 0 Å². The highest BCUT2D eigenvalue weighted by molar-refractivity contribution is 5.79. The van der Waals surface area contributed by atoms with Gasteiger partial charge < -0.3 is 10.4 Å². The molecule has 100 valence electrons. The standard InChI is InChI=1S/C14H17N3O2/c18-13-6-2-1-5-12(13)11-14(19)15-7-3-9-17-10-4-8-16-17/h1-2,4-6,8,10,18H,3,7,9,11H2,(H,15,19). The third kappa shape index (κ3) is 4.13. The lowest BCUT2D eigenvalue weighted by Gasteiger charge is -2.06. The molecule has 0 aliphatic heterocycles. The van der Waals surface area contributed by atoms with Gasteiger partial charge in [0.2, 0.25) is 5.91 Å². The monoisotopic (exact) mass is 259 g/mol. The average molecular weight is 259 g/mol. The van der Waals surface area contributed by atoms with E-state index in [1.807, 2.05) is 16.9 Å². The summed E-state index contributed by atoms with van der Waals surface area (Å²) in [6, 6.07) is 8.75. The van der Waals surface area contributed by atoms with E-state index in [2.05, 4.69) is 10.4 Å². The molecule has 1 heterocycles. The first-order chi connectivity index (χ1) is 9.25. The molecule has 0 radical (unpaired) electrons. The lowest BCUT2D eigenvalue weighted by atomic mass is 10.1. The van der Waals surface area contributed by atoms with Crippen molar-refractivity contribution in [3.8, 4) is 5.75 Å². The minimum absolute atomic E-state index is 0.0815. The van der Waals surface area contributed by atoms with Crippen LogP contribution in [-0.4, -0.2) is 27.3 Å². The number of amides is 1. The van der Waals surface area contributed by atoms with E-state index in [-0.39, 0.29) is 18.1 Å². The van der Waals surface area contributed by atoms with Crippen LogP contribution in [0.5, 0.6) is 5.75 Å². The van der Waals surface area contributed by atoms with Crippen molar-refractivity contribution < 1.29 is 9.90 Å². The highest BCUT2D eigenvalue weighted by Crippen LogP contribution is 2.15. The Hall–Kier alpha value is -2.30. The number of hydrogen-bond acceptors (Lipinski definition) is 3. The molecule has 0 unspecified atom stereocenters. The molecule has 0 atom stereocenters. The van der Waals surface area contributed by atoms with Crippen LogP contribution in [0.25, 0.3) is 0 Å². The van der Waals surface area contributed by atoms with Gasteiger partial charge in [-0.3, -0.25) is 9.48 Å². The summed E-state index contributed by atoms with van der Waals surface area (Å²) in [4.78, 5) is 11.7. The summed E-state index contributed by atoms with van der Waals surface area (Å²) in [7, 11) is 0. The molecule has 0 aliphatic carbocycles. The van der Waals surface area contributed by atoms with Gasteiger partial charge in [-0.25, -0.2) is 0 Å². The number of aromatic nitrogens is 2. The zero-order valence-corrected chi connectivity index (χ0v) is 10.6. The molecule has 0 bridgehead atoms. The Morgan fingerprint density at radius 2 is 2.16 bits per heavy atom. The SMILES string of the molecule is O=C(Cc1ccccc1O)NCCCn1cccn1. The molecule has 5 heteroatoms. The maximum atomic E-state index is 11.7. The van der Waals surface area contributed by atoms with E-state index in [9.17, 15) is 9.90 Å². The third-order valence-corrected chi connectivity index (χ3v) is 2.79. The van der Waals surface area contributed by atoms with E-state index < -0.39 is 0 Å². The van der Waals surface area contributed by atoms with Crippen molar-refractivity contribution in [2.75, 3.05) is 6.54 Å². The minimum Gasteiger partial charge on any atom is -0.508 e. The summed E-state index contributed by atoms with van der Waals surface area (Å²) < 4.78 is 1.83. The number of carbonyl (C=O) groups excluding carboxylic acids is 1. The van der Waals surface area contributed by atoms with Gasteiger partial charge >= 0.3 is 0 Å².